The molecule has 0 fully saturated rings. The molecule has 3 N–H and O–H groups in total. The molecule has 0 spiro atoms. The molecular formula is C9H10N4O. The Morgan fingerprint density at radius 1 is 1.43 bits per heavy atom. The number of aryl methyl sites for hydroxylation is 1. The first-order valence-electron chi connectivity index (χ1n) is 4.15. The van der Waals surface area contributed by atoms with Crippen molar-refractivity contribution in [3.05, 3.63) is 30.1 Å². The quantitative estimate of drug-likeness (QED) is 0.699. The molecule has 0 radical (unpaired) electrons. The number of rotatable bonds is 1. The van der Waals surface area contributed by atoms with Crippen LogP contribution in [0.2, 0.25) is 0 Å². The van der Waals surface area contributed by atoms with Crippen molar-refractivity contribution in [2.45, 2.75) is 6.92 Å². The van der Waals surface area contributed by atoms with E-state index in [4.69, 9.17) is 5.73 Å². The number of phenols is 1. The molecule has 5 nitrogen and oxygen atoms in total. The molecule has 0 saturated carbocycles. The number of anilines is 1. The minimum absolute atomic E-state index is 0.191. The van der Waals surface area contributed by atoms with Crippen LogP contribution >= 0.6 is 0 Å². The summed E-state index contributed by atoms with van der Waals surface area (Å²) in [5, 5.41) is 13.3. The summed E-state index contributed by atoms with van der Waals surface area (Å²) in [5.41, 5.74) is 6.19. The highest BCUT2D eigenvalue weighted by molar-refractivity contribution is 5.39. The molecule has 0 unspecified atom stereocenters. The highest BCUT2D eigenvalue weighted by atomic mass is 16.3. The first kappa shape index (κ1) is 8.55. The molecule has 2 rings (SSSR count). The fraction of sp³-hybridized carbons (Fsp3) is 0.111. The van der Waals surface area contributed by atoms with Gasteiger partial charge in [0.2, 0.25) is 5.95 Å². The monoisotopic (exact) mass is 190 g/mol. The van der Waals surface area contributed by atoms with E-state index in [1.165, 1.54) is 0 Å². The molecule has 2 aromatic rings. The zero-order valence-electron chi connectivity index (χ0n) is 7.68. The second-order valence-corrected chi connectivity index (χ2v) is 2.95. The van der Waals surface area contributed by atoms with E-state index in [1.807, 2.05) is 6.07 Å². The van der Waals surface area contributed by atoms with E-state index in [0.717, 1.165) is 5.69 Å². The van der Waals surface area contributed by atoms with Gasteiger partial charge in [-0.15, -0.1) is 5.10 Å². The molecule has 1 aromatic carbocycles. The fourth-order valence-corrected chi connectivity index (χ4v) is 1.28. The zero-order chi connectivity index (χ0) is 10.1. The van der Waals surface area contributed by atoms with E-state index in [-0.39, 0.29) is 11.7 Å². The molecule has 5 heteroatoms. The molecule has 0 atom stereocenters. The first-order valence-corrected chi connectivity index (χ1v) is 4.15. The SMILES string of the molecule is Cc1nc(N)nn1-c1cccc(O)c1. The van der Waals surface area contributed by atoms with Crippen LogP contribution in [0.4, 0.5) is 5.95 Å². The lowest BCUT2D eigenvalue weighted by atomic mass is 10.3. The molecule has 72 valence electrons. The Morgan fingerprint density at radius 2 is 2.21 bits per heavy atom. The smallest absolute Gasteiger partial charge is 0.240 e. The summed E-state index contributed by atoms with van der Waals surface area (Å²) in [6.45, 7) is 1.80. The van der Waals surface area contributed by atoms with Gasteiger partial charge in [-0.1, -0.05) is 6.07 Å². The molecule has 0 aliphatic rings. The van der Waals surface area contributed by atoms with Gasteiger partial charge in [0.1, 0.15) is 11.6 Å². The lowest BCUT2D eigenvalue weighted by Gasteiger charge is -2.02. The van der Waals surface area contributed by atoms with Crippen LogP contribution in [-0.4, -0.2) is 19.9 Å². The minimum atomic E-state index is 0.191. The van der Waals surface area contributed by atoms with Crippen LogP contribution < -0.4 is 5.73 Å². The standard InChI is InChI=1S/C9H10N4O/c1-6-11-9(10)12-13(6)7-3-2-4-8(14)5-7/h2-5,14H,1H3,(H2,10,12). The van der Waals surface area contributed by atoms with Crippen molar-refractivity contribution in [3.63, 3.8) is 0 Å². The van der Waals surface area contributed by atoms with Gasteiger partial charge >= 0.3 is 0 Å². The largest absolute Gasteiger partial charge is 0.508 e. The Morgan fingerprint density at radius 3 is 2.79 bits per heavy atom. The van der Waals surface area contributed by atoms with E-state index in [2.05, 4.69) is 10.1 Å². The van der Waals surface area contributed by atoms with Gasteiger partial charge in [-0.05, 0) is 19.1 Å². The van der Waals surface area contributed by atoms with Gasteiger partial charge < -0.3 is 10.8 Å². The molecule has 14 heavy (non-hydrogen) atoms. The maximum absolute atomic E-state index is 9.28. The third kappa shape index (κ3) is 1.39. The number of nitrogen functional groups attached to an aromatic ring is 1. The van der Waals surface area contributed by atoms with Crippen molar-refractivity contribution < 1.29 is 5.11 Å². The van der Waals surface area contributed by atoms with Crippen LogP contribution in [0, 0.1) is 6.92 Å². The van der Waals surface area contributed by atoms with Crippen molar-refractivity contribution >= 4 is 5.95 Å². The average molecular weight is 190 g/mol. The molecule has 1 heterocycles. The van der Waals surface area contributed by atoms with Crippen LogP contribution in [0.3, 0.4) is 0 Å². The maximum atomic E-state index is 9.28. The van der Waals surface area contributed by atoms with Gasteiger partial charge in [-0.2, -0.15) is 4.98 Å². The number of benzene rings is 1. The lowest BCUT2D eigenvalue weighted by Crippen LogP contribution is -1.99. The van der Waals surface area contributed by atoms with Crippen LogP contribution in [0.1, 0.15) is 5.82 Å². The summed E-state index contributed by atoms with van der Waals surface area (Å²) in [4.78, 5) is 3.97. The fourth-order valence-electron chi connectivity index (χ4n) is 1.28. The van der Waals surface area contributed by atoms with Crippen LogP contribution in [0.15, 0.2) is 24.3 Å². The number of aromatic nitrogens is 3. The molecule has 0 bridgehead atoms. The van der Waals surface area contributed by atoms with Crippen molar-refractivity contribution in [1.82, 2.24) is 14.8 Å². The number of nitrogens with two attached hydrogens (primary N) is 1. The number of hydrogen-bond donors (Lipinski definition) is 2. The highest BCUT2D eigenvalue weighted by Gasteiger charge is 2.05. The number of nitrogens with zero attached hydrogens (tertiary/aromatic N) is 3. The number of aromatic hydroxyl groups is 1. The van der Waals surface area contributed by atoms with Crippen LogP contribution in [0.25, 0.3) is 5.69 Å². The molecule has 0 aliphatic heterocycles. The summed E-state index contributed by atoms with van der Waals surface area (Å²) in [5.74, 6) is 1.11. The normalized spacial score (nSPS) is 10.4. The second kappa shape index (κ2) is 3.02. The van der Waals surface area contributed by atoms with Gasteiger partial charge in [0.25, 0.3) is 0 Å². The Kier molecular flexibility index (Phi) is 1.85. The predicted octanol–water partition coefficient (Wildman–Crippen LogP) is 0.864. The van der Waals surface area contributed by atoms with Crippen LogP contribution in [0.5, 0.6) is 5.75 Å². The topological polar surface area (TPSA) is 77.0 Å². The summed E-state index contributed by atoms with van der Waals surface area (Å²) in [6.07, 6.45) is 0. The molecule has 0 amide bonds. The van der Waals surface area contributed by atoms with Crippen molar-refractivity contribution in [2.24, 2.45) is 0 Å². The zero-order valence-corrected chi connectivity index (χ0v) is 7.68. The third-order valence-corrected chi connectivity index (χ3v) is 1.86. The highest BCUT2D eigenvalue weighted by Crippen LogP contribution is 2.15. The average Bonchev–Trinajstić information content (AvgIpc) is 2.45. The molecular weight excluding hydrogens is 180 g/mol. The Bertz CT molecular complexity index is 464. The van der Waals surface area contributed by atoms with Crippen LogP contribution in [-0.2, 0) is 0 Å². The second-order valence-electron chi connectivity index (χ2n) is 2.95. The summed E-state index contributed by atoms with van der Waals surface area (Å²) >= 11 is 0. The Balaban J connectivity index is 2.54. The summed E-state index contributed by atoms with van der Waals surface area (Å²) < 4.78 is 1.58. The van der Waals surface area contributed by atoms with E-state index in [9.17, 15) is 5.11 Å². The maximum Gasteiger partial charge on any atom is 0.240 e. The predicted molar refractivity (Wildman–Crippen MR) is 52.2 cm³/mol. The summed E-state index contributed by atoms with van der Waals surface area (Å²) in [7, 11) is 0. The first-order chi connectivity index (χ1) is 6.66. The van der Waals surface area contributed by atoms with Gasteiger partial charge in [0, 0.05) is 6.07 Å². The van der Waals surface area contributed by atoms with Gasteiger partial charge in [0.15, 0.2) is 0 Å². The Hall–Kier alpha value is -2.04. The molecule has 0 saturated heterocycles. The number of phenolic OH excluding ortho intramolecular Hbond substituents is 1. The van der Waals surface area contributed by atoms with Crippen molar-refractivity contribution in [1.29, 1.82) is 0 Å². The van der Waals surface area contributed by atoms with Gasteiger partial charge in [-0.3, -0.25) is 0 Å². The van der Waals surface area contributed by atoms with E-state index in [0.29, 0.717) is 5.82 Å². The van der Waals surface area contributed by atoms with Crippen molar-refractivity contribution in [3.8, 4) is 11.4 Å². The lowest BCUT2D eigenvalue weighted by molar-refractivity contribution is 0.475. The number of hydrogen-bond acceptors (Lipinski definition) is 4. The van der Waals surface area contributed by atoms with E-state index >= 15 is 0 Å². The molecule has 0 aliphatic carbocycles. The third-order valence-electron chi connectivity index (χ3n) is 1.86. The summed E-state index contributed by atoms with van der Waals surface area (Å²) in [6, 6.07) is 6.75. The van der Waals surface area contributed by atoms with E-state index < -0.39 is 0 Å². The minimum Gasteiger partial charge on any atom is -0.508 e. The Labute approximate surface area is 80.8 Å². The van der Waals surface area contributed by atoms with E-state index in [1.54, 1.807) is 29.8 Å². The van der Waals surface area contributed by atoms with Gasteiger partial charge in [-0.25, -0.2) is 4.68 Å². The molecule has 1 aromatic heterocycles. The van der Waals surface area contributed by atoms with Gasteiger partial charge in [0.05, 0.1) is 5.69 Å². The van der Waals surface area contributed by atoms with Crippen molar-refractivity contribution in [2.75, 3.05) is 5.73 Å².